The van der Waals surface area contributed by atoms with Crippen molar-refractivity contribution in [2.75, 3.05) is 21.3 Å². The fourth-order valence-corrected chi connectivity index (χ4v) is 4.53. The second-order valence-corrected chi connectivity index (χ2v) is 10.9. The lowest BCUT2D eigenvalue weighted by Crippen LogP contribution is -2.69. The van der Waals surface area contributed by atoms with Crippen molar-refractivity contribution >= 4 is 8.80 Å². The molecule has 39 heavy (non-hydrogen) atoms. The molecule has 0 saturated carbocycles. The summed E-state index contributed by atoms with van der Waals surface area (Å²) in [6, 6.07) is -0.894. The van der Waals surface area contributed by atoms with E-state index in [4.69, 9.17) is 0 Å². The van der Waals surface area contributed by atoms with Crippen molar-refractivity contribution in [1.29, 1.82) is 0 Å². The molecule has 0 bridgehead atoms. The maximum Gasteiger partial charge on any atom is 0.500 e. The van der Waals surface area contributed by atoms with Crippen molar-refractivity contribution in [3.8, 4) is 0 Å². The molecule has 0 aromatic rings. The number of alkyl halides is 19. The third-order valence-corrected chi connectivity index (χ3v) is 8.10. The molecule has 0 spiro atoms. The number of hydrogen-bond acceptors (Lipinski definition) is 3. The fraction of sp³-hybridized carbons (Fsp3) is 1.00. The molecular weight excluding hydrogens is 629 g/mol. The summed E-state index contributed by atoms with van der Waals surface area (Å²) in [6.45, 7) is 0. The molecule has 0 aliphatic rings. The van der Waals surface area contributed by atoms with Crippen LogP contribution in [0.5, 0.6) is 0 Å². The van der Waals surface area contributed by atoms with Crippen LogP contribution in [0.3, 0.4) is 0 Å². The molecule has 0 fully saturated rings. The Balaban J connectivity index is 6.32. The lowest BCUT2D eigenvalue weighted by Gasteiger charge is -2.41. The first-order chi connectivity index (χ1) is 16.8. The summed E-state index contributed by atoms with van der Waals surface area (Å²) in [4.78, 5) is 0. The van der Waals surface area contributed by atoms with Gasteiger partial charge in [-0.05, 0) is 6.42 Å². The van der Waals surface area contributed by atoms with E-state index < -0.39 is 87.7 Å². The van der Waals surface area contributed by atoms with Gasteiger partial charge < -0.3 is 13.3 Å². The highest BCUT2D eigenvalue weighted by molar-refractivity contribution is 6.60. The first-order valence-corrected chi connectivity index (χ1v) is 11.5. The Morgan fingerprint density at radius 3 is 1.05 bits per heavy atom. The van der Waals surface area contributed by atoms with Gasteiger partial charge in [0.25, 0.3) is 0 Å². The smallest absolute Gasteiger partial charge is 0.377 e. The van der Waals surface area contributed by atoms with E-state index in [1.54, 1.807) is 0 Å². The van der Waals surface area contributed by atoms with E-state index in [1.165, 1.54) is 0 Å². The molecule has 0 radical (unpaired) electrons. The topological polar surface area (TPSA) is 27.7 Å². The van der Waals surface area contributed by atoms with Gasteiger partial charge >= 0.3 is 62.4 Å². The average Bonchev–Trinajstić information content (AvgIpc) is 2.74. The van der Waals surface area contributed by atoms with Crippen molar-refractivity contribution in [3.05, 3.63) is 0 Å². The van der Waals surface area contributed by atoms with Crippen LogP contribution in [0.15, 0.2) is 0 Å². The van der Waals surface area contributed by atoms with Crippen LogP contribution < -0.4 is 0 Å². The molecule has 0 aliphatic carbocycles. The standard InChI is InChI=1S/C16H17F19O3Si/c1-36-39(37-2,38-3)6-4-5-8(17,18)11(23,24)14(29,30)12(25,26)9(19,20)7-10(21,22)13(27,28)15(31,32)16(33,34)35/h4-7H2,1-3H3. The summed E-state index contributed by atoms with van der Waals surface area (Å²) >= 11 is 0. The predicted octanol–water partition coefficient (Wildman–Crippen LogP) is 7.68. The van der Waals surface area contributed by atoms with Gasteiger partial charge in [-0.25, -0.2) is 0 Å². The van der Waals surface area contributed by atoms with E-state index in [1.807, 2.05) is 0 Å². The minimum Gasteiger partial charge on any atom is -0.377 e. The van der Waals surface area contributed by atoms with Gasteiger partial charge in [-0.3, -0.25) is 0 Å². The Morgan fingerprint density at radius 2 is 0.744 bits per heavy atom. The molecule has 23 heteroatoms. The van der Waals surface area contributed by atoms with Gasteiger partial charge in [-0.15, -0.1) is 0 Å². The van der Waals surface area contributed by atoms with Crippen LogP contribution in [0.1, 0.15) is 19.3 Å². The first kappa shape index (κ1) is 37.8. The van der Waals surface area contributed by atoms with Gasteiger partial charge in [0.05, 0.1) is 6.42 Å². The quantitative estimate of drug-likeness (QED) is 0.135. The lowest BCUT2D eigenvalue weighted by atomic mass is 9.88. The van der Waals surface area contributed by atoms with E-state index in [2.05, 4.69) is 13.3 Å². The molecule has 0 rings (SSSR count). The first-order valence-electron chi connectivity index (χ1n) is 9.59. The highest BCUT2D eigenvalue weighted by Crippen LogP contribution is 2.62. The van der Waals surface area contributed by atoms with Crippen LogP contribution in [-0.4, -0.2) is 83.7 Å². The third-order valence-electron chi connectivity index (χ3n) is 5.27. The maximum absolute atomic E-state index is 13.9. The molecule has 0 amide bonds. The Hall–Kier alpha value is -1.23. The summed E-state index contributed by atoms with van der Waals surface area (Å²) < 4.78 is 267. The van der Waals surface area contributed by atoms with Crippen LogP contribution in [-0.2, 0) is 13.3 Å². The largest absolute Gasteiger partial charge is 0.500 e. The molecule has 0 aromatic heterocycles. The fourth-order valence-electron chi connectivity index (χ4n) is 2.81. The van der Waals surface area contributed by atoms with Gasteiger partial charge in [0.15, 0.2) is 0 Å². The minimum absolute atomic E-state index is 0.854. The van der Waals surface area contributed by atoms with Gasteiger partial charge in [-0.1, -0.05) is 0 Å². The van der Waals surface area contributed by atoms with Crippen LogP contribution in [0.25, 0.3) is 0 Å². The second kappa shape index (κ2) is 10.9. The van der Waals surface area contributed by atoms with Crippen molar-refractivity contribution in [1.82, 2.24) is 0 Å². The number of rotatable bonds is 15. The lowest BCUT2D eigenvalue weighted by molar-refractivity contribution is -0.424. The SMILES string of the molecule is CO[Si](CCCC(F)(F)C(F)(F)C(F)(F)C(F)(F)C(F)(F)CC(F)(F)C(F)(F)C(F)(F)C(F)(F)F)(OC)OC. The van der Waals surface area contributed by atoms with Crippen LogP contribution in [0.4, 0.5) is 83.4 Å². The average molecular weight is 646 g/mol. The second-order valence-electron chi connectivity index (χ2n) is 7.81. The summed E-state index contributed by atoms with van der Waals surface area (Å²) in [5.41, 5.74) is 0. The van der Waals surface area contributed by atoms with Gasteiger partial charge in [0.1, 0.15) is 0 Å². The maximum atomic E-state index is 13.9. The van der Waals surface area contributed by atoms with E-state index in [0.29, 0.717) is 0 Å². The van der Waals surface area contributed by atoms with Crippen LogP contribution >= 0.6 is 0 Å². The molecular formula is C16H17F19O3Si. The molecule has 0 unspecified atom stereocenters. The van der Waals surface area contributed by atoms with Crippen molar-refractivity contribution in [2.24, 2.45) is 0 Å². The molecule has 0 atom stereocenters. The zero-order valence-corrected chi connectivity index (χ0v) is 20.2. The molecule has 0 aromatic carbocycles. The summed E-state index contributed by atoms with van der Waals surface area (Å²) in [5, 5.41) is 0. The Labute approximate surface area is 206 Å². The Bertz CT molecular complexity index is 814. The van der Waals surface area contributed by atoms with Gasteiger partial charge in [-0.2, -0.15) is 83.4 Å². The number of hydrogen-bond donors (Lipinski definition) is 0. The van der Waals surface area contributed by atoms with Crippen molar-refractivity contribution in [3.63, 3.8) is 0 Å². The Kier molecular flexibility index (Phi) is 10.5. The summed E-state index contributed by atoms with van der Waals surface area (Å²) in [5.74, 6) is -61.6. The Morgan fingerprint density at radius 1 is 0.436 bits per heavy atom. The molecule has 0 saturated heterocycles. The number of halogens is 19. The van der Waals surface area contributed by atoms with E-state index in [-0.39, 0.29) is 0 Å². The van der Waals surface area contributed by atoms with E-state index >= 15 is 0 Å². The predicted molar refractivity (Wildman–Crippen MR) is 91.1 cm³/mol. The third kappa shape index (κ3) is 6.18. The summed E-state index contributed by atoms with van der Waals surface area (Å²) in [7, 11) is -1.33. The molecule has 0 aliphatic heterocycles. The van der Waals surface area contributed by atoms with Crippen LogP contribution in [0, 0.1) is 0 Å². The van der Waals surface area contributed by atoms with Gasteiger partial charge in [0.2, 0.25) is 0 Å². The highest BCUT2D eigenvalue weighted by Gasteiger charge is 2.89. The molecule has 3 nitrogen and oxygen atoms in total. The molecule has 0 heterocycles. The molecule has 236 valence electrons. The van der Waals surface area contributed by atoms with Crippen molar-refractivity contribution < 1.29 is 96.7 Å². The zero-order valence-electron chi connectivity index (χ0n) is 19.2. The van der Waals surface area contributed by atoms with Gasteiger partial charge in [0, 0.05) is 33.8 Å². The van der Waals surface area contributed by atoms with E-state index in [0.717, 1.165) is 21.3 Å². The molecule has 0 N–H and O–H groups in total. The van der Waals surface area contributed by atoms with E-state index in [9.17, 15) is 83.4 Å². The normalized spacial score (nSPS) is 16.2. The monoisotopic (exact) mass is 646 g/mol. The highest BCUT2D eigenvalue weighted by atomic mass is 28.4. The summed E-state index contributed by atoms with van der Waals surface area (Å²) in [6.07, 6.45) is -16.6. The van der Waals surface area contributed by atoms with Crippen molar-refractivity contribution in [2.45, 2.75) is 78.9 Å². The zero-order chi connectivity index (χ0) is 31.9. The van der Waals surface area contributed by atoms with Crippen LogP contribution in [0.2, 0.25) is 6.04 Å². The minimum atomic E-state index is -8.16.